The third-order valence-electron chi connectivity index (χ3n) is 10.0. The number of ether oxygens (including phenoxy) is 3. The third-order valence-corrected chi connectivity index (χ3v) is 10.0. The lowest BCUT2D eigenvalue weighted by atomic mass is 9.88. The Morgan fingerprint density at radius 3 is 1.64 bits per heavy atom. The van der Waals surface area contributed by atoms with Crippen molar-refractivity contribution in [3.8, 4) is 39.8 Å². The normalized spacial score (nSPS) is 14.5. The van der Waals surface area contributed by atoms with Crippen LogP contribution in [0.3, 0.4) is 0 Å². The minimum Gasteiger partial charge on any atom is -0.497 e. The van der Waals surface area contributed by atoms with E-state index in [2.05, 4.69) is 16.9 Å². The summed E-state index contributed by atoms with van der Waals surface area (Å²) in [5, 5.41) is 0. The number of aromatic nitrogens is 4. The van der Waals surface area contributed by atoms with Crippen LogP contribution in [0.25, 0.3) is 22.5 Å². The third kappa shape index (κ3) is 11.3. The molecule has 0 radical (unpaired) electrons. The second kappa shape index (κ2) is 20.0. The van der Waals surface area contributed by atoms with Crippen LogP contribution in [0.15, 0.2) is 104 Å². The van der Waals surface area contributed by atoms with Gasteiger partial charge in [0, 0.05) is 36.6 Å². The number of rotatable bonds is 7. The molecular formula is C43H53N5O5. The standard InChI is InChI=1S/C18H23N3O2.C17H14N2O3.C8H16/c1-20(15-6-4-3-5-7-15)18(22)21-12-17(19-13-21)14-8-10-16(23-2)11-9-14;1-21-14-9-7-13(8-10-14)16-11-19(12-18-16)17(20)22-15-5-3-2-4-6-15;1-2-8-6-4-3-5-7-8/h8-13,15H,3-7H2,1-2H3;2-12H,1H3;8H,2-7H2,1H3. The van der Waals surface area contributed by atoms with Gasteiger partial charge in [0.1, 0.15) is 29.9 Å². The Labute approximate surface area is 313 Å². The van der Waals surface area contributed by atoms with Gasteiger partial charge in [-0.1, -0.05) is 82.9 Å². The van der Waals surface area contributed by atoms with Crippen LogP contribution in [0.5, 0.6) is 17.2 Å². The van der Waals surface area contributed by atoms with Gasteiger partial charge >= 0.3 is 12.1 Å². The summed E-state index contributed by atoms with van der Waals surface area (Å²) in [5.41, 5.74) is 3.34. The van der Waals surface area contributed by atoms with Crippen molar-refractivity contribution >= 4 is 12.1 Å². The van der Waals surface area contributed by atoms with E-state index >= 15 is 0 Å². The molecule has 2 saturated carbocycles. The number of carbonyl (C=O) groups is 2. The highest BCUT2D eigenvalue weighted by atomic mass is 16.6. The van der Waals surface area contributed by atoms with E-state index in [0.29, 0.717) is 17.5 Å². The van der Waals surface area contributed by atoms with Crippen LogP contribution in [0.1, 0.15) is 77.6 Å². The van der Waals surface area contributed by atoms with E-state index in [1.165, 1.54) is 68.7 Å². The Morgan fingerprint density at radius 2 is 1.15 bits per heavy atom. The summed E-state index contributed by atoms with van der Waals surface area (Å²) in [7, 11) is 5.15. The van der Waals surface area contributed by atoms with E-state index in [0.717, 1.165) is 47.1 Å². The minimum atomic E-state index is -0.501. The number of amides is 1. The zero-order valence-corrected chi connectivity index (χ0v) is 31.5. The molecule has 53 heavy (non-hydrogen) atoms. The van der Waals surface area contributed by atoms with Crippen molar-refractivity contribution in [2.75, 3.05) is 21.3 Å². The minimum absolute atomic E-state index is 0.0100. The summed E-state index contributed by atoms with van der Waals surface area (Å²) >= 11 is 0. The van der Waals surface area contributed by atoms with Gasteiger partial charge in [-0.2, -0.15) is 0 Å². The first-order valence-electron chi connectivity index (χ1n) is 18.8. The van der Waals surface area contributed by atoms with Crippen LogP contribution >= 0.6 is 0 Å². The number of benzene rings is 3. The molecule has 5 aromatic rings. The molecule has 280 valence electrons. The lowest BCUT2D eigenvalue weighted by Crippen LogP contribution is -2.40. The first-order valence-corrected chi connectivity index (χ1v) is 18.8. The lowest BCUT2D eigenvalue weighted by Gasteiger charge is -2.31. The molecule has 2 aliphatic carbocycles. The summed E-state index contributed by atoms with van der Waals surface area (Å²) in [6, 6.07) is 24.4. The number of carbonyl (C=O) groups excluding carboxylic acids is 2. The molecule has 0 atom stereocenters. The van der Waals surface area contributed by atoms with Crippen molar-refractivity contribution in [3.05, 3.63) is 104 Å². The highest BCUT2D eigenvalue weighted by Crippen LogP contribution is 2.26. The fourth-order valence-corrected chi connectivity index (χ4v) is 6.72. The van der Waals surface area contributed by atoms with E-state index in [1.54, 1.807) is 61.8 Å². The van der Waals surface area contributed by atoms with Crippen molar-refractivity contribution in [2.45, 2.75) is 83.6 Å². The number of para-hydroxylation sites is 1. The van der Waals surface area contributed by atoms with E-state index < -0.39 is 6.09 Å². The van der Waals surface area contributed by atoms with Gasteiger partial charge < -0.3 is 19.1 Å². The van der Waals surface area contributed by atoms with Crippen molar-refractivity contribution in [3.63, 3.8) is 0 Å². The Morgan fingerprint density at radius 1 is 0.660 bits per heavy atom. The molecule has 2 aliphatic rings. The Bertz CT molecular complexity index is 1820. The van der Waals surface area contributed by atoms with Crippen LogP contribution in [-0.4, -0.2) is 63.4 Å². The van der Waals surface area contributed by atoms with Crippen LogP contribution < -0.4 is 14.2 Å². The Kier molecular flexibility index (Phi) is 14.7. The molecule has 1 amide bonds. The molecule has 0 unspecified atom stereocenters. The van der Waals surface area contributed by atoms with Gasteiger partial charge in [0.05, 0.1) is 25.6 Å². The second-order valence-corrected chi connectivity index (χ2v) is 13.6. The monoisotopic (exact) mass is 719 g/mol. The fraction of sp³-hybridized carbons (Fsp3) is 0.395. The van der Waals surface area contributed by atoms with Crippen LogP contribution in [-0.2, 0) is 0 Å². The molecule has 10 heteroatoms. The zero-order chi connectivity index (χ0) is 37.4. The van der Waals surface area contributed by atoms with Crippen molar-refractivity contribution in [1.82, 2.24) is 24.0 Å². The summed E-state index contributed by atoms with van der Waals surface area (Å²) in [4.78, 5) is 35.1. The van der Waals surface area contributed by atoms with Gasteiger partial charge in [-0.3, -0.25) is 4.57 Å². The highest BCUT2D eigenvalue weighted by Gasteiger charge is 2.23. The average Bonchev–Trinajstić information content (AvgIpc) is 3.94. The van der Waals surface area contributed by atoms with Crippen molar-refractivity contribution in [1.29, 1.82) is 0 Å². The number of nitrogens with zero attached hydrogens (tertiary/aromatic N) is 5. The molecule has 10 nitrogen and oxygen atoms in total. The number of imidazole rings is 2. The molecule has 3 aromatic carbocycles. The van der Waals surface area contributed by atoms with Crippen LogP contribution in [0.2, 0.25) is 0 Å². The first-order chi connectivity index (χ1) is 25.9. The van der Waals surface area contributed by atoms with Gasteiger partial charge in [0.25, 0.3) is 0 Å². The Hall–Kier alpha value is -5.38. The van der Waals surface area contributed by atoms with Gasteiger partial charge in [-0.05, 0) is 79.4 Å². The van der Waals surface area contributed by atoms with Gasteiger partial charge in [0.15, 0.2) is 0 Å². The fourth-order valence-electron chi connectivity index (χ4n) is 6.72. The summed E-state index contributed by atoms with van der Waals surface area (Å²) in [5.74, 6) is 3.16. The van der Waals surface area contributed by atoms with E-state index in [4.69, 9.17) is 14.2 Å². The number of hydrogen-bond donors (Lipinski definition) is 0. The molecule has 2 aromatic heterocycles. The SMILES string of the molecule is CCC1CCCCC1.COc1ccc(-c2cn(C(=O)N(C)C3CCCCC3)cn2)cc1.COc1ccc(-c2cn(C(=O)Oc3ccccc3)cn2)cc1. The molecule has 7 rings (SSSR count). The van der Waals surface area contributed by atoms with Gasteiger partial charge in [-0.25, -0.2) is 24.1 Å². The molecule has 0 bridgehead atoms. The van der Waals surface area contributed by atoms with E-state index in [9.17, 15) is 9.59 Å². The van der Waals surface area contributed by atoms with Crippen LogP contribution in [0, 0.1) is 5.92 Å². The zero-order valence-electron chi connectivity index (χ0n) is 31.5. The first kappa shape index (κ1) is 38.8. The summed E-state index contributed by atoms with van der Waals surface area (Å²) in [6.07, 6.45) is 20.8. The molecule has 0 saturated heterocycles. The molecule has 2 heterocycles. The maximum absolute atomic E-state index is 12.6. The second-order valence-electron chi connectivity index (χ2n) is 13.6. The largest absolute Gasteiger partial charge is 0.497 e. The van der Waals surface area contributed by atoms with Crippen molar-refractivity contribution < 1.29 is 23.8 Å². The molecular weight excluding hydrogens is 667 g/mol. The van der Waals surface area contributed by atoms with E-state index in [1.807, 2.05) is 66.5 Å². The molecule has 0 N–H and O–H groups in total. The predicted molar refractivity (Wildman–Crippen MR) is 209 cm³/mol. The summed E-state index contributed by atoms with van der Waals surface area (Å²) in [6.45, 7) is 2.32. The van der Waals surface area contributed by atoms with Gasteiger partial charge in [-0.15, -0.1) is 0 Å². The number of hydrogen-bond acceptors (Lipinski definition) is 7. The highest BCUT2D eigenvalue weighted by molar-refractivity contribution is 5.78. The predicted octanol–water partition coefficient (Wildman–Crippen LogP) is 10.4. The Balaban J connectivity index is 0.000000170. The molecule has 2 fully saturated rings. The lowest BCUT2D eigenvalue weighted by molar-refractivity contribution is 0.175. The maximum atomic E-state index is 12.6. The quantitative estimate of drug-likeness (QED) is 0.165. The average molecular weight is 720 g/mol. The molecule has 0 aliphatic heterocycles. The van der Waals surface area contributed by atoms with E-state index in [-0.39, 0.29) is 6.03 Å². The van der Waals surface area contributed by atoms with Gasteiger partial charge in [0.2, 0.25) is 0 Å². The summed E-state index contributed by atoms with van der Waals surface area (Å²) < 4.78 is 18.4. The van der Waals surface area contributed by atoms with Crippen molar-refractivity contribution in [2.24, 2.45) is 5.92 Å². The maximum Gasteiger partial charge on any atom is 0.424 e. The molecule has 0 spiro atoms. The van der Waals surface area contributed by atoms with Crippen LogP contribution in [0.4, 0.5) is 9.59 Å². The number of methoxy groups -OCH3 is 2. The smallest absolute Gasteiger partial charge is 0.424 e. The topological polar surface area (TPSA) is 101 Å².